The van der Waals surface area contributed by atoms with Crippen LogP contribution in [-0.4, -0.2) is 37.1 Å². The van der Waals surface area contributed by atoms with E-state index >= 15 is 0 Å². The molecule has 0 aliphatic carbocycles. The molecule has 0 aromatic heterocycles. The zero-order chi connectivity index (χ0) is 11.4. The first kappa shape index (κ1) is 11.4. The van der Waals surface area contributed by atoms with Gasteiger partial charge < -0.3 is 9.64 Å². The molecule has 0 bridgehead atoms. The van der Waals surface area contributed by atoms with Crippen molar-refractivity contribution < 1.29 is 9.53 Å². The van der Waals surface area contributed by atoms with E-state index < -0.39 is 5.38 Å². The molecule has 1 aromatic carbocycles. The third kappa shape index (κ3) is 2.54. The van der Waals surface area contributed by atoms with E-state index in [4.69, 9.17) is 16.3 Å². The summed E-state index contributed by atoms with van der Waals surface area (Å²) in [7, 11) is 0. The van der Waals surface area contributed by atoms with Gasteiger partial charge in [-0.2, -0.15) is 0 Å². The van der Waals surface area contributed by atoms with E-state index in [2.05, 4.69) is 0 Å². The Bertz CT molecular complexity index is 349. The summed E-state index contributed by atoms with van der Waals surface area (Å²) in [6.45, 7) is 2.47. The first-order valence-corrected chi connectivity index (χ1v) is 5.78. The molecule has 0 unspecified atom stereocenters. The number of carbonyl (C=O) groups is 1. The van der Waals surface area contributed by atoms with Crippen molar-refractivity contribution in [1.82, 2.24) is 4.90 Å². The van der Waals surface area contributed by atoms with Gasteiger partial charge in [0, 0.05) is 13.1 Å². The predicted octanol–water partition coefficient (Wildman–Crippen LogP) is 1.83. The fourth-order valence-corrected chi connectivity index (χ4v) is 1.99. The number of ether oxygens (including phenoxy) is 1. The summed E-state index contributed by atoms with van der Waals surface area (Å²) in [5.74, 6) is -0.0313. The normalized spacial score (nSPS) is 18.2. The Balaban J connectivity index is 2.04. The highest BCUT2D eigenvalue weighted by molar-refractivity contribution is 6.30. The molecule has 1 aromatic rings. The van der Waals surface area contributed by atoms with E-state index in [0.29, 0.717) is 26.3 Å². The second-order valence-corrected chi connectivity index (χ2v) is 4.15. The van der Waals surface area contributed by atoms with E-state index in [1.54, 1.807) is 4.90 Å². The number of hydrogen-bond acceptors (Lipinski definition) is 2. The summed E-state index contributed by atoms with van der Waals surface area (Å²) >= 11 is 6.16. The molecule has 86 valence electrons. The third-order valence-corrected chi connectivity index (χ3v) is 3.07. The number of amides is 1. The molecule has 2 rings (SSSR count). The summed E-state index contributed by atoms with van der Waals surface area (Å²) in [4.78, 5) is 13.8. The van der Waals surface area contributed by atoms with Gasteiger partial charge in [0.2, 0.25) is 5.91 Å². The van der Waals surface area contributed by atoms with Crippen LogP contribution in [0.4, 0.5) is 0 Å². The lowest BCUT2D eigenvalue weighted by Gasteiger charge is -2.28. The molecule has 1 heterocycles. The van der Waals surface area contributed by atoms with Gasteiger partial charge in [-0.1, -0.05) is 30.3 Å². The van der Waals surface area contributed by atoms with Gasteiger partial charge in [-0.25, -0.2) is 0 Å². The highest BCUT2D eigenvalue weighted by Gasteiger charge is 2.24. The first-order valence-electron chi connectivity index (χ1n) is 5.34. The zero-order valence-electron chi connectivity index (χ0n) is 8.93. The lowest BCUT2D eigenvalue weighted by molar-refractivity contribution is -0.134. The molecular formula is C12H14ClNO2. The largest absolute Gasteiger partial charge is 0.378 e. The van der Waals surface area contributed by atoms with Crippen molar-refractivity contribution in [3.8, 4) is 0 Å². The predicted molar refractivity (Wildman–Crippen MR) is 62.4 cm³/mol. The number of carbonyl (C=O) groups excluding carboxylic acids is 1. The molecule has 1 atom stereocenters. The Labute approximate surface area is 100.0 Å². The van der Waals surface area contributed by atoms with Crippen LogP contribution in [0.15, 0.2) is 30.3 Å². The smallest absolute Gasteiger partial charge is 0.245 e. The lowest BCUT2D eigenvalue weighted by atomic mass is 10.1. The van der Waals surface area contributed by atoms with Crippen molar-refractivity contribution in [3.05, 3.63) is 35.9 Å². The molecule has 4 heteroatoms. The van der Waals surface area contributed by atoms with E-state index in [1.165, 1.54) is 0 Å². The van der Waals surface area contributed by atoms with Crippen LogP contribution < -0.4 is 0 Å². The van der Waals surface area contributed by atoms with Crippen LogP contribution in [0, 0.1) is 0 Å². The standard InChI is InChI=1S/C12H14ClNO2/c13-11(10-4-2-1-3-5-10)12(15)14-6-8-16-9-7-14/h1-5,11H,6-9H2/t11-/m0/s1. The first-order chi connectivity index (χ1) is 7.79. The van der Waals surface area contributed by atoms with E-state index in [0.717, 1.165) is 5.56 Å². The van der Waals surface area contributed by atoms with Crippen LogP contribution >= 0.6 is 11.6 Å². The fourth-order valence-electron chi connectivity index (χ4n) is 1.71. The number of nitrogens with zero attached hydrogens (tertiary/aromatic N) is 1. The molecule has 3 nitrogen and oxygen atoms in total. The van der Waals surface area contributed by atoms with Gasteiger partial charge in [0.25, 0.3) is 0 Å². The second kappa shape index (κ2) is 5.32. The molecule has 0 spiro atoms. The van der Waals surface area contributed by atoms with Crippen molar-refractivity contribution in [1.29, 1.82) is 0 Å². The molecule has 1 amide bonds. The lowest BCUT2D eigenvalue weighted by Crippen LogP contribution is -2.42. The molecule has 16 heavy (non-hydrogen) atoms. The second-order valence-electron chi connectivity index (χ2n) is 3.71. The van der Waals surface area contributed by atoms with Crippen molar-refractivity contribution in [2.75, 3.05) is 26.3 Å². The van der Waals surface area contributed by atoms with E-state index in [1.807, 2.05) is 30.3 Å². The number of rotatable bonds is 2. The molecule has 0 N–H and O–H groups in total. The monoisotopic (exact) mass is 239 g/mol. The molecular weight excluding hydrogens is 226 g/mol. The van der Waals surface area contributed by atoms with Gasteiger partial charge in [0.1, 0.15) is 5.38 Å². The van der Waals surface area contributed by atoms with Crippen LogP contribution in [0.2, 0.25) is 0 Å². The highest BCUT2D eigenvalue weighted by atomic mass is 35.5. The Morgan fingerprint density at radius 1 is 1.25 bits per heavy atom. The van der Waals surface area contributed by atoms with Crippen molar-refractivity contribution in [2.45, 2.75) is 5.38 Å². The van der Waals surface area contributed by atoms with Gasteiger partial charge in [-0.3, -0.25) is 4.79 Å². The summed E-state index contributed by atoms with van der Waals surface area (Å²) in [6, 6.07) is 9.42. The summed E-state index contributed by atoms with van der Waals surface area (Å²) < 4.78 is 5.20. The SMILES string of the molecule is O=C([C@@H](Cl)c1ccccc1)N1CCOCC1. The van der Waals surface area contributed by atoms with Crippen LogP contribution in [0.5, 0.6) is 0 Å². The topological polar surface area (TPSA) is 29.5 Å². The minimum absolute atomic E-state index is 0.0313. The maximum absolute atomic E-state index is 12.0. The van der Waals surface area contributed by atoms with Crippen LogP contribution in [-0.2, 0) is 9.53 Å². The van der Waals surface area contributed by atoms with Crippen LogP contribution in [0.3, 0.4) is 0 Å². The van der Waals surface area contributed by atoms with Gasteiger partial charge in [0.15, 0.2) is 0 Å². The zero-order valence-corrected chi connectivity index (χ0v) is 9.69. The Kier molecular flexibility index (Phi) is 3.80. The fraction of sp³-hybridized carbons (Fsp3) is 0.417. The molecule has 1 aliphatic heterocycles. The molecule has 0 radical (unpaired) electrons. The van der Waals surface area contributed by atoms with Crippen molar-refractivity contribution in [3.63, 3.8) is 0 Å². The Morgan fingerprint density at radius 2 is 1.88 bits per heavy atom. The Hall–Kier alpha value is -1.06. The average molecular weight is 240 g/mol. The summed E-state index contributed by atoms with van der Waals surface area (Å²) in [5, 5.41) is -0.584. The number of hydrogen-bond donors (Lipinski definition) is 0. The molecule has 1 fully saturated rings. The van der Waals surface area contributed by atoms with Gasteiger partial charge >= 0.3 is 0 Å². The number of benzene rings is 1. The van der Waals surface area contributed by atoms with Gasteiger partial charge in [-0.05, 0) is 5.56 Å². The van der Waals surface area contributed by atoms with Crippen LogP contribution in [0.1, 0.15) is 10.9 Å². The minimum Gasteiger partial charge on any atom is -0.378 e. The highest BCUT2D eigenvalue weighted by Crippen LogP contribution is 2.22. The van der Waals surface area contributed by atoms with E-state index in [9.17, 15) is 4.79 Å². The maximum atomic E-state index is 12.0. The minimum atomic E-state index is -0.584. The van der Waals surface area contributed by atoms with E-state index in [-0.39, 0.29) is 5.91 Å². The average Bonchev–Trinajstić information content (AvgIpc) is 2.39. The van der Waals surface area contributed by atoms with Gasteiger partial charge in [0.05, 0.1) is 13.2 Å². The number of alkyl halides is 1. The number of halogens is 1. The van der Waals surface area contributed by atoms with Crippen LogP contribution in [0.25, 0.3) is 0 Å². The maximum Gasteiger partial charge on any atom is 0.245 e. The number of morpholine rings is 1. The third-order valence-electron chi connectivity index (χ3n) is 2.63. The van der Waals surface area contributed by atoms with Crippen molar-refractivity contribution in [2.24, 2.45) is 0 Å². The quantitative estimate of drug-likeness (QED) is 0.737. The summed E-state index contributed by atoms with van der Waals surface area (Å²) in [6.07, 6.45) is 0. The molecule has 1 saturated heterocycles. The molecule has 1 aliphatic rings. The van der Waals surface area contributed by atoms with Crippen molar-refractivity contribution >= 4 is 17.5 Å². The van der Waals surface area contributed by atoms with Gasteiger partial charge in [-0.15, -0.1) is 11.6 Å². The molecule has 0 saturated carbocycles. The summed E-state index contributed by atoms with van der Waals surface area (Å²) in [5.41, 5.74) is 0.848. The Morgan fingerprint density at radius 3 is 2.50 bits per heavy atom.